The molecule has 4 atom stereocenters. The number of rotatable bonds is 4. The minimum atomic E-state index is -0.0800. The van der Waals surface area contributed by atoms with Crippen molar-refractivity contribution in [1.82, 2.24) is 0 Å². The third kappa shape index (κ3) is 6.69. The van der Waals surface area contributed by atoms with Gasteiger partial charge in [-0.2, -0.15) is 0 Å². The van der Waals surface area contributed by atoms with Crippen molar-refractivity contribution in [1.29, 1.82) is 0 Å². The van der Waals surface area contributed by atoms with E-state index in [4.69, 9.17) is 0 Å². The Balaban J connectivity index is 3.50. The molecule has 0 spiro atoms. The average molecular weight is 457 g/mol. The van der Waals surface area contributed by atoms with Crippen LogP contribution in [0.15, 0.2) is 0 Å². The molecule has 0 saturated heterocycles. The SMILES string of the molecule is C[C@@H]1CC(C)(CP(C(C)(C)C)C(C)(C)C)C(C)(CP(C(C)(C)C)C(C)(C)C)C[C@@H]1C. The molecular weight excluding hydrogens is 398 g/mol. The molecule has 0 nitrogen and oxygen atoms in total. The summed E-state index contributed by atoms with van der Waals surface area (Å²) in [4.78, 5) is 0. The van der Waals surface area contributed by atoms with E-state index in [-0.39, 0.29) is 15.8 Å². The van der Waals surface area contributed by atoms with Crippen LogP contribution in [0.25, 0.3) is 0 Å². The molecule has 0 radical (unpaired) electrons. The van der Waals surface area contributed by atoms with Gasteiger partial charge in [0, 0.05) is 0 Å². The van der Waals surface area contributed by atoms with Gasteiger partial charge in [-0.05, 0) is 68.5 Å². The Bertz CT molecular complexity index is 485. The molecule has 1 rings (SSSR count). The monoisotopic (exact) mass is 456 g/mol. The molecule has 180 valence electrons. The van der Waals surface area contributed by atoms with E-state index in [1.807, 2.05) is 0 Å². The average Bonchev–Trinajstić information content (AvgIpc) is 2.44. The molecule has 1 saturated carbocycles. The van der Waals surface area contributed by atoms with Crippen LogP contribution < -0.4 is 0 Å². The smallest absolute Gasteiger partial charge is 0.0174 e. The van der Waals surface area contributed by atoms with Gasteiger partial charge in [0.15, 0.2) is 0 Å². The fraction of sp³-hybridized carbons (Fsp3) is 1.00. The molecule has 2 heteroatoms. The maximum absolute atomic E-state index is 2.71. The van der Waals surface area contributed by atoms with Crippen molar-refractivity contribution < 1.29 is 0 Å². The van der Waals surface area contributed by atoms with Crippen molar-refractivity contribution in [2.24, 2.45) is 22.7 Å². The Kier molecular flexibility index (Phi) is 8.57. The van der Waals surface area contributed by atoms with Gasteiger partial charge in [0.05, 0.1) is 0 Å². The lowest BCUT2D eigenvalue weighted by atomic mass is 9.54. The topological polar surface area (TPSA) is 0 Å². The van der Waals surface area contributed by atoms with Crippen LogP contribution in [-0.2, 0) is 0 Å². The van der Waals surface area contributed by atoms with Gasteiger partial charge in [0.2, 0.25) is 0 Å². The van der Waals surface area contributed by atoms with Gasteiger partial charge in [-0.15, -0.1) is 0 Å². The molecule has 30 heavy (non-hydrogen) atoms. The molecule has 0 bridgehead atoms. The van der Waals surface area contributed by atoms with Crippen LogP contribution in [0.2, 0.25) is 0 Å². The summed E-state index contributed by atoms with van der Waals surface area (Å²) in [5.41, 5.74) is 0.866. The normalized spacial score (nSPS) is 32.2. The molecule has 1 fully saturated rings. The Hall–Kier alpha value is 0.860. The molecule has 0 aromatic heterocycles. The van der Waals surface area contributed by atoms with Crippen LogP contribution in [0.1, 0.15) is 124 Å². The maximum atomic E-state index is 2.71. The third-order valence-electron chi connectivity index (χ3n) is 8.23. The lowest BCUT2D eigenvalue weighted by Gasteiger charge is -2.60. The molecule has 1 aliphatic rings. The Morgan fingerprint density at radius 3 is 0.900 bits per heavy atom. The van der Waals surface area contributed by atoms with E-state index in [2.05, 4.69) is 111 Å². The Morgan fingerprint density at radius 1 is 0.533 bits per heavy atom. The van der Waals surface area contributed by atoms with E-state index in [1.54, 1.807) is 0 Å². The van der Waals surface area contributed by atoms with E-state index in [1.165, 1.54) is 25.2 Å². The van der Waals surface area contributed by atoms with Gasteiger partial charge >= 0.3 is 0 Å². The van der Waals surface area contributed by atoms with E-state index < -0.39 is 0 Å². The predicted molar refractivity (Wildman–Crippen MR) is 146 cm³/mol. The summed E-state index contributed by atoms with van der Waals surface area (Å²) in [6, 6.07) is 0. The zero-order valence-corrected chi connectivity index (χ0v) is 25.7. The van der Waals surface area contributed by atoms with Crippen molar-refractivity contribution in [3.63, 3.8) is 0 Å². The van der Waals surface area contributed by atoms with Gasteiger partial charge in [0.1, 0.15) is 0 Å². The van der Waals surface area contributed by atoms with Gasteiger partial charge in [-0.1, -0.05) is 127 Å². The van der Waals surface area contributed by atoms with Gasteiger partial charge < -0.3 is 0 Å². The largest absolute Gasteiger partial charge is 0.0951 e. The van der Waals surface area contributed by atoms with E-state index in [0.29, 0.717) is 31.5 Å². The first-order valence-electron chi connectivity index (χ1n) is 12.5. The third-order valence-corrected chi connectivity index (χ3v) is 16.7. The van der Waals surface area contributed by atoms with E-state index in [9.17, 15) is 0 Å². The van der Waals surface area contributed by atoms with Crippen LogP contribution in [0.5, 0.6) is 0 Å². The first-order chi connectivity index (χ1) is 12.9. The van der Waals surface area contributed by atoms with Crippen LogP contribution in [0.4, 0.5) is 0 Å². The highest BCUT2D eigenvalue weighted by Crippen LogP contribution is 2.71. The summed E-state index contributed by atoms with van der Waals surface area (Å²) in [5.74, 6) is 1.69. The van der Waals surface area contributed by atoms with E-state index in [0.717, 1.165) is 11.8 Å². The van der Waals surface area contributed by atoms with Gasteiger partial charge in [-0.3, -0.25) is 0 Å². The highest BCUT2D eigenvalue weighted by atomic mass is 31.1. The second-order valence-electron chi connectivity index (χ2n) is 15.3. The van der Waals surface area contributed by atoms with Crippen molar-refractivity contribution >= 4 is 15.8 Å². The van der Waals surface area contributed by atoms with Crippen molar-refractivity contribution in [2.45, 2.75) is 144 Å². The van der Waals surface area contributed by atoms with Gasteiger partial charge in [-0.25, -0.2) is 0 Å². The van der Waals surface area contributed by atoms with Crippen LogP contribution in [0.3, 0.4) is 0 Å². The summed E-state index contributed by atoms with van der Waals surface area (Å²) in [6.45, 7) is 40.6. The first-order valence-corrected chi connectivity index (χ1v) is 15.5. The lowest BCUT2D eigenvalue weighted by Crippen LogP contribution is -2.52. The zero-order chi connectivity index (χ0) is 24.1. The molecule has 2 unspecified atom stereocenters. The fourth-order valence-corrected chi connectivity index (χ4v) is 14.8. The number of hydrogen-bond acceptors (Lipinski definition) is 0. The summed E-state index contributed by atoms with van der Waals surface area (Å²) in [5, 5.41) is 1.62. The zero-order valence-electron chi connectivity index (χ0n) is 23.9. The van der Waals surface area contributed by atoms with Crippen molar-refractivity contribution in [3.05, 3.63) is 0 Å². The Labute approximate surface area is 195 Å². The molecule has 0 aromatic carbocycles. The molecular formula is C28H58P2. The lowest BCUT2D eigenvalue weighted by molar-refractivity contribution is -0.00132. The highest BCUT2D eigenvalue weighted by Gasteiger charge is 2.55. The first kappa shape index (κ1) is 28.9. The molecule has 0 amide bonds. The summed E-state index contributed by atoms with van der Waals surface area (Å²) in [7, 11) is -0.160. The maximum Gasteiger partial charge on any atom is -0.0174 e. The summed E-state index contributed by atoms with van der Waals surface area (Å²) >= 11 is 0. The van der Waals surface area contributed by atoms with Crippen LogP contribution in [-0.4, -0.2) is 32.9 Å². The molecule has 0 N–H and O–H groups in total. The second kappa shape index (κ2) is 8.90. The van der Waals surface area contributed by atoms with E-state index >= 15 is 0 Å². The van der Waals surface area contributed by atoms with Crippen molar-refractivity contribution in [2.75, 3.05) is 12.3 Å². The minimum Gasteiger partial charge on any atom is -0.0951 e. The number of hydrogen-bond donors (Lipinski definition) is 0. The second-order valence-corrected chi connectivity index (χ2v) is 23.1. The molecule has 0 heterocycles. The quantitative estimate of drug-likeness (QED) is 0.369. The minimum absolute atomic E-state index is 0.0800. The molecule has 0 aromatic rings. The predicted octanol–water partition coefficient (Wildman–Crippen LogP) is 10.2. The van der Waals surface area contributed by atoms with Gasteiger partial charge in [0.25, 0.3) is 0 Å². The van der Waals surface area contributed by atoms with Crippen LogP contribution >= 0.6 is 15.8 Å². The molecule has 0 aliphatic heterocycles. The Morgan fingerprint density at radius 2 is 0.733 bits per heavy atom. The highest BCUT2D eigenvalue weighted by molar-refractivity contribution is 7.61. The van der Waals surface area contributed by atoms with Crippen LogP contribution in [0, 0.1) is 22.7 Å². The van der Waals surface area contributed by atoms with Crippen molar-refractivity contribution in [3.8, 4) is 0 Å². The standard InChI is InChI=1S/C28H58P2/c1-21-17-27(15,19-29(23(3,4)5)24(6,7)8)28(16,18-22(21)2)20-30(25(9,10)11)26(12,13)14/h21-22H,17-20H2,1-16H3/t21-,22+,27?,28?. The summed E-state index contributed by atoms with van der Waals surface area (Å²) < 4.78 is 0. The summed E-state index contributed by atoms with van der Waals surface area (Å²) in [6.07, 6.45) is 5.68. The fourth-order valence-electron chi connectivity index (χ4n) is 6.49. The molecule has 1 aliphatic carbocycles.